The average molecular weight is 394 g/mol. The molecular formula is C18H17ClFN3O2S. The minimum atomic E-state index is -3.69. The molecule has 1 fully saturated rings. The smallest absolute Gasteiger partial charge is 0.243 e. The molecule has 8 heteroatoms. The summed E-state index contributed by atoms with van der Waals surface area (Å²) in [5.74, 6) is -0.641. The van der Waals surface area contributed by atoms with Crippen LogP contribution in [0.3, 0.4) is 0 Å². The first kappa shape index (κ1) is 18.8. The number of nitrogens with zero attached hydrogens (tertiary/aromatic N) is 3. The molecule has 0 amide bonds. The van der Waals surface area contributed by atoms with Crippen LogP contribution in [-0.2, 0) is 16.6 Å². The van der Waals surface area contributed by atoms with Gasteiger partial charge in [-0.05, 0) is 35.9 Å². The van der Waals surface area contributed by atoms with Crippen LogP contribution in [0.15, 0.2) is 47.4 Å². The molecule has 0 spiro atoms. The standard InChI is InChI=1S/C18H17ClFN3O2S/c19-17-11-16(5-6-18(17)20)26(24,25)23-9-7-22(8-10-23)13-15-3-1-14(12-21)2-4-15/h1-6,11H,7-10,13H2. The van der Waals surface area contributed by atoms with E-state index in [1.54, 1.807) is 12.1 Å². The van der Waals surface area contributed by atoms with Crippen LogP contribution >= 0.6 is 11.6 Å². The minimum absolute atomic E-state index is 0.00411. The molecule has 0 aliphatic carbocycles. The predicted molar refractivity (Wildman–Crippen MR) is 96.6 cm³/mol. The van der Waals surface area contributed by atoms with Gasteiger partial charge in [-0.2, -0.15) is 9.57 Å². The molecule has 1 aliphatic heterocycles. The second-order valence-electron chi connectivity index (χ2n) is 6.06. The highest BCUT2D eigenvalue weighted by atomic mass is 35.5. The molecule has 2 aromatic carbocycles. The first-order valence-electron chi connectivity index (χ1n) is 8.07. The van der Waals surface area contributed by atoms with Crippen molar-refractivity contribution in [3.05, 3.63) is 64.4 Å². The molecule has 0 unspecified atom stereocenters. The van der Waals surface area contributed by atoms with Crippen LogP contribution in [0.5, 0.6) is 0 Å². The normalized spacial score (nSPS) is 16.3. The summed E-state index contributed by atoms with van der Waals surface area (Å²) < 4.78 is 40.0. The van der Waals surface area contributed by atoms with E-state index in [-0.39, 0.29) is 9.92 Å². The van der Waals surface area contributed by atoms with Crippen LogP contribution in [0.25, 0.3) is 0 Å². The molecule has 3 rings (SSSR count). The third-order valence-electron chi connectivity index (χ3n) is 4.35. The lowest BCUT2D eigenvalue weighted by Crippen LogP contribution is -2.48. The largest absolute Gasteiger partial charge is 0.296 e. The number of hydrogen-bond donors (Lipinski definition) is 0. The molecule has 0 aromatic heterocycles. The Hall–Kier alpha value is -1.98. The van der Waals surface area contributed by atoms with E-state index in [1.165, 1.54) is 10.4 Å². The average Bonchev–Trinajstić information content (AvgIpc) is 2.65. The lowest BCUT2D eigenvalue weighted by molar-refractivity contribution is 0.181. The van der Waals surface area contributed by atoms with Crippen molar-refractivity contribution in [2.75, 3.05) is 26.2 Å². The van der Waals surface area contributed by atoms with E-state index in [4.69, 9.17) is 16.9 Å². The Bertz CT molecular complexity index is 934. The zero-order valence-corrected chi connectivity index (χ0v) is 15.5. The molecule has 1 aliphatic rings. The predicted octanol–water partition coefficient (Wildman–Crippen LogP) is 2.86. The summed E-state index contributed by atoms with van der Waals surface area (Å²) in [6.07, 6.45) is 0. The highest BCUT2D eigenvalue weighted by Crippen LogP contribution is 2.23. The molecule has 1 saturated heterocycles. The third-order valence-corrected chi connectivity index (χ3v) is 6.53. The van der Waals surface area contributed by atoms with Crippen molar-refractivity contribution in [3.8, 4) is 6.07 Å². The number of piperazine rings is 1. The fourth-order valence-electron chi connectivity index (χ4n) is 2.86. The highest BCUT2D eigenvalue weighted by molar-refractivity contribution is 7.89. The van der Waals surface area contributed by atoms with E-state index in [0.29, 0.717) is 38.3 Å². The van der Waals surface area contributed by atoms with Crippen molar-refractivity contribution in [1.82, 2.24) is 9.21 Å². The first-order chi connectivity index (χ1) is 12.4. The van der Waals surface area contributed by atoms with Gasteiger partial charge in [-0.1, -0.05) is 23.7 Å². The monoisotopic (exact) mass is 393 g/mol. The number of sulfonamides is 1. The Morgan fingerprint density at radius 2 is 1.73 bits per heavy atom. The van der Waals surface area contributed by atoms with Gasteiger partial charge in [-0.15, -0.1) is 0 Å². The van der Waals surface area contributed by atoms with Crippen molar-refractivity contribution < 1.29 is 12.8 Å². The number of nitriles is 1. The third kappa shape index (κ3) is 4.05. The molecule has 0 N–H and O–H groups in total. The number of hydrogen-bond acceptors (Lipinski definition) is 4. The molecule has 0 radical (unpaired) electrons. The van der Waals surface area contributed by atoms with E-state index in [0.717, 1.165) is 17.7 Å². The maximum Gasteiger partial charge on any atom is 0.243 e. The summed E-state index contributed by atoms with van der Waals surface area (Å²) in [4.78, 5) is 2.16. The van der Waals surface area contributed by atoms with Crippen molar-refractivity contribution in [2.24, 2.45) is 0 Å². The molecular weight excluding hydrogens is 377 g/mol. The number of benzene rings is 2. The van der Waals surface area contributed by atoms with Gasteiger partial charge in [0, 0.05) is 32.7 Å². The molecule has 5 nitrogen and oxygen atoms in total. The SMILES string of the molecule is N#Cc1ccc(CN2CCN(S(=O)(=O)c3ccc(F)c(Cl)c3)CC2)cc1. The van der Waals surface area contributed by atoms with Crippen LogP contribution in [-0.4, -0.2) is 43.8 Å². The van der Waals surface area contributed by atoms with Crippen molar-refractivity contribution in [1.29, 1.82) is 5.26 Å². The van der Waals surface area contributed by atoms with Gasteiger partial charge in [-0.3, -0.25) is 4.90 Å². The van der Waals surface area contributed by atoms with E-state index >= 15 is 0 Å². The Morgan fingerprint density at radius 3 is 2.31 bits per heavy atom. The highest BCUT2D eigenvalue weighted by Gasteiger charge is 2.28. The summed E-state index contributed by atoms with van der Waals surface area (Å²) >= 11 is 5.71. The summed E-state index contributed by atoms with van der Waals surface area (Å²) in [5, 5.41) is 8.63. The lowest BCUT2D eigenvalue weighted by Gasteiger charge is -2.34. The molecule has 26 heavy (non-hydrogen) atoms. The van der Waals surface area contributed by atoms with Gasteiger partial charge in [0.1, 0.15) is 5.82 Å². The van der Waals surface area contributed by atoms with Crippen LogP contribution in [0.2, 0.25) is 5.02 Å². The fourth-order valence-corrected chi connectivity index (χ4v) is 4.55. The maximum absolute atomic E-state index is 13.3. The Balaban J connectivity index is 1.63. The van der Waals surface area contributed by atoms with E-state index in [9.17, 15) is 12.8 Å². The first-order valence-corrected chi connectivity index (χ1v) is 9.88. The molecule has 0 saturated carbocycles. The van der Waals surface area contributed by atoms with Gasteiger partial charge in [0.15, 0.2) is 0 Å². The zero-order chi connectivity index (χ0) is 18.7. The Kier molecular flexibility index (Phi) is 5.58. The Morgan fingerprint density at radius 1 is 1.08 bits per heavy atom. The maximum atomic E-state index is 13.3. The van der Waals surface area contributed by atoms with Crippen LogP contribution < -0.4 is 0 Å². The van der Waals surface area contributed by atoms with Gasteiger partial charge < -0.3 is 0 Å². The molecule has 1 heterocycles. The molecule has 2 aromatic rings. The van der Waals surface area contributed by atoms with Gasteiger partial charge in [0.05, 0.1) is 21.6 Å². The zero-order valence-electron chi connectivity index (χ0n) is 13.9. The number of rotatable bonds is 4. The quantitative estimate of drug-likeness (QED) is 0.801. The molecule has 0 bridgehead atoms. The second-order valence-corrected chi connectivity index (χ2v) is 8.41. The number of halogens is 2. The fraction of sp³-hybridized carbons (Fsp3) is 0.278. The molecule has 136 valence electrons. The second kappa shape index (κ2) is 7.72. The topological polar surface area (TPSA) is 64.4 Å². The van der Waals surface area contributed by atoms with Crippen LogP contribution in [0.4, 0.5) is 4.39 Å². The minimum Gasteiger partial charge on any atom is -0.296 e. The summed E-state index contributed by atoms with van der Waals surface area (Å²) in [6.45, 7) is 2.59. The van der Waals surface area contributed by atoms with Gasteiger partial charge in [0.25, 0.3) is 0 Å². The van der Waals surface area contributed by atoms with Crippen LogP contribution in [0, 0.1) is 17.1 Å². The van der Waals surface area contributed by atoms with Crippen molar-refractivity contribution in [3.63, 3.8) is 0 Å². The summed E-state index contributed by atoms with van der Waals surface area (Å²) in [5.41, 5.74) is 1.69. The van der Waals surface area contributed by atoms with Gasteiger partial charge in [-0.25, -0.2) is 12.8 Å². The van der Waals surface area contributed by atoms with Gasteiger partial charge in [0.2, 0.25) is 10.0 Å². The summed E-state index contributed by atoms with van der Waals surface area (Å²) in [6, 6.07) is 12.9. The van der Waals surface area contributed by atoms with E-state index in [2.05, 4.69) is 11.0 Å². The summed E-state index contributed by atoms with van der Waals surface area (Å²) in [7, 11) is -3.69. The molecule has 0 atom stereocenters. The van der Waals surface area contributed by atoms with E-state index < -0.39 is 15.8 Å². The Labute approximate surface area is 157 Å². The van der Waals surface area contributed by atoms with Crippen LogP contribution in [0.1, 0.15) is 11.1 Å². The lowest BCUT2D eigenvalue weighted by atomic mass is 10.1. The van der Waals surface area contributed by atoms with Gasteiger partial charge >= 0.3 is 0 Å². The van der Waals surface area contributed by atoms with E-state index in [1.807, 2.05) is 12.1 Å². The van der Waals surface area contributed by atoms with Crippen molar-refractivity contribution >= 4 is 21.6 Å². The van der Waals surface area contributed by atoms with Crippen molar-refractivity contribution in [2.45, 2.75) is 11.4 Å².